The van der Waals surface area contributed by atoms with Gasteiger partial charge < -0.3 is 10.0 Å². The number of fused-ring (bicyclic) bond motifs is 1. The number of phenolic OH excluding ortho intramolecular Hbond substituents is 1. The van der Waals surface area contributed by atoms with Crippen molar-refractivity contribution in [3.05, 3.63) is 48.0 Å². The number of halogens is 1. The molecular weight excluding hydrogens is 282 g/mol. The second-order valence-corrected chi connectivity index (χ2v) is 5.59. The third-order valence-corrected chi connectivity index (χ3v) is 3.68. The average molecular weight is 306 g/mol. The van der Waals surface area contributed by atoms with Gasteiger partial charge in [0.2, 0.25) is 0 Å². The number of benzene rings is 2. The second kappa shape index (κ2) is 7.48. The van der Waals surface area contributed by atoms with E-state index in [4.69, 9.17) is 0 Å². The zero-order chi connectivity index (χ0) is 14.7. The van der Waals surface area contributed by atoms with Crippen molar-refractivity contribution in [1.29, 1.82) is 0 Å². The molecule has 21 heavy (non-hydrogen) atoms. The normalized spacial score (nSPS) is 13.3. The molecule has 0 amide bonds. The minimum absolute atomic E-state index is 0. The van der Waals surface area contributed by atoms with E-state index in [0.29, 0.717) is 11.7 Å². The maximum atomic E-state index is 10.3. The third-order valence-electron chi connectivity index (χ3n) is 3.68. The average Bonchev–Trinajstić information content (AvgIpc) is 2.41. The van der Waals surface area contributed by atoms with Gasteiger partial charge in [0.15, 0.2) is 0 Å². The van der Waals surface area contributed by atoms with Crippen LogP contribution in [0.5, 0.6) is 5.75 Å². The summed E-state index contributed by atoms with van der Waals surface area (Å²) < 4.78 is 0. The van der Waals surface area contributed by atoms with Gasteiger partial charge in [-0.2, -0.15) is 0 Å². The highest BCUT2D eigenvalue weighted by Gasteiger charge is 2.17. The maximum Gasteiger partial charge on any atom is 0.123 e. The lowest BCUT2D eigenvalue weighted by atomic mass is 9.89. The van der Waals surface area contributed by atoms with Crippen molar-refractivity contribution in [1.82, 2.24) is 4.90 Å². The Kier molecular flexibility index (Phi) is 6.25. The smallest absolute Gasteiger partial charge is 0.123 e. The van der Waals surface area contributed by atoms with Crippen LogP contribution in [0.2, 0.25) is 0 Å². The molecule has 0 aliphatic heterocycles. The summed E-state index contributed by atoms with van der Waals surface area (Å²) in [6, 6.07) is 12.0. The van der Waals surface area contributed by atoms with Gasteiger partial charge in [0.05, 0.1) is 0 Å². The molecule has 0 bridgehead atoms. The van der Waals surface area contributed by atoms with Gasteiger partial charge in [-0.3, -0.25) is 0 Å². The van der Waals surface area contributed by atoms with Gasteiger partial charge in [-0.05, 0) is 49.3 Å². The minimum Gasteiger partial charge on any atom is -0.507 e. The Morgan fingerprint density at radius 3 is 2.48 bits per heavy atom. The summed E-state index contributed by atoms with van der Waals surface area (Å²) in [5.41, 5.74) is 2.17. The fraction of sp³-hybridized carbons (Fsp3) is 0.333. The van der Waals surface area contributed by atoms with Gasteiger partial charge in [0.1, 0.15) is 5.75 Å². The Balaban J connectivity index is 0.00000220. The van der Waals surface area contributed by atoms with Crippen LogP contribution in [0.3, 0.4) is 0 Å². The molecular formula is C18H24ClNO. The van der Waals surface area contributed by atoms with Crippen LogP contribution in [0, 0.1) is 5.92 Å². The Hall–Kier alpha value is -1.51. The Labute approximate surface area is 133 Å². The molecule has 2 rings (SSSR count). The van der Waals surface area contributed by atoms with Crippen molar-refractivity contribution in [2.24, 2.45) is 5.92 Å². The largest absolute Gasteiger partial charge is 0.507 e. The van der Waals surface area contributed by atoms with Crippen LogP contribution >= 0.6 is 12.4 Å². The van der Waals surface area contributed by atoms with Gasteiger partial charge in [-0.1, -0.05) is 43.3 Å². The number of rotatable bonds is 4. The molecule has 0 heterocycles. The predicted molar refractivity (Wildman–Crippen MR) is 94.2 cm³/mol. The lowest BCUT2D eigenvalue weighted by Gasteiger charge is -2.22. The Morgan fingerprint density at radius 2 is 1.86 bits per heavy atom. The van der Waals surface area contributed by atoms with E-state index in [0.717, 1.165) is 22.9 Å². The molecule has 0 aliphatic carbocycles. The van der Waals surface area contributed by atoms with Crippen LogP contribution in [0.4, 0.5) is 0 Å². The number of hydrogen-bond donors (Lipinski definition) is 1. The second-order valence-electron chi connectivity index (χ2n) is 5.59. The summed E-state index contributed by atoms with van der Waals surface area (Å²) >= 11 is 0. The lowest BCUT2D eigenvalue weighted by Crippen LogP contribution is -2.20. The highest BCUT2D eigenvalue weighted by molar-refractivity contribution is 5.96. The number of aromatic hydroxyl groups is 1. The molecule has 0 saturated carbocycles. The van der Waals surface area contributed by atoms with E-state index in [2.05, 4.69) is 44.1 Å². The predicted octanol–water partition coefficient (Wildman–Crippen LogP) is 4.57. The molecule has 1 unspecified atom stereocenters. The van der Waals surface area contributed by atoms with Crippen molar-refractivity contribution < 1.29 is 5.11 Å². The van der Waals surface area contributed by atoms with Gasteiger partial charge in [0, 0.05) is 12.1 Å². The standard InChI is InChI=1S/C18H23NO.ClH/c1-5-15(13(2)12-19(3)4)18-16-9-7-6-8-14(16)10-11-17(18)20;/h5-11,13,20H,12H2,1-4H3;1H. The first-order valence-electron chi connectivity index (χ1n) is 7.06. The van der Waals surface area contributed by atoms with Crippen LogP contribution in [0.15, 0.2) is 42.5 Å². The molecule has 0 fully saturated rings. The van der Waals surface area contributed by atoms with Crippen LogP contribution in [0.1, 0.15) is 19.4 Å². The zero-order valence-electron chi connectivity index (χ0n) is 13.1. The van der Waals surface area contributed by atoms with E-state index in [1.165, 1.54) is 5.57 Å². The monoisotopic (exact) mass is 305 g/mol. The Morgan fingerprint density at radius 1 is 1.19 bits per heavy atom. The Bertz CT molecular complexity index is 634. The number of allylic oxidation sites excluding steroid dienone is 1. The maximum absolute atomic E-state index is 10.3. The minimum atomic E-state index is 0. The quantitative estimate of drug-likeness (QED) is 0.894. The summed E-state index contributed by atoms with van der Waals surface area (Å²) in [6.45, 7) is 5.21. The van der Waals surface area contributed by atoms with Gasteiger partial charge in [-0.25, -0.2) is 0 Å². The molecule has 2 aromatic carbocycles. The fourth-order valence-corrected chi connectivity index (χ4v) is 2.88. The summed E-state index contributed by atoms with van der Waals surface area (Å²) in [7, 11) is 4.15. The SMILES string of the molecule is CC=C(c1c(O)ccc2ccccc12)C(C)CN(C)C.Cl. The van der Waals surface area contributed by atoms with Crippen LogP contribution in [-0.2, 0) is 0 Å². The van der Waals surface area contributed by atoms with E-state index in [1.54, 1.807) is 6.07 Å². The van der Waals surface area contributed by atoms with E-state index < -0.39 is 0 Å². The van der Waals surface area contributed by atoms with Crippen LogP contribution < -0.4 is 0 Å². The molecule has 0 radical (unpaired) electrons. The van der Waals surface area contributed by atoms with Crippen LogP contribution in [0.25, 0.3) is 16.3 Å². The van der Waals surface area contributed by atoms with E-state index in [-0.39, 0.29) is 12.4 Å². The first-order chi connectivity index (χ1) is 9.54. The molecule has 2 aromatic rings. The van der Waals surface area contributed by atoms with Gasteiger partial charge >= 0.3 is 0 Å². The zero-order valence-corrected chi connectivity index (χ0v) is 13.9. The molecule has 0 saturated heterocycles. The molecule has 1 N–H and O–H groups in total. The van der Waals surface area contributed by atoms with Crippen molar-refractivity contribution in [3.8, 4) is 5.75 Å². The van der Waals surface area contributed by atoms with E-state index >= 15 is 0 Å². The topological polar surface area (TPSA) is 23.5 Å². The highest BCUT2D eigenvalue weighted by atomic mass is 35.5. The summed E-state index contributed by atoms with van der Waals surface area (Å²) in [5, 5.41) is 12.6. The van der Waals surface area contributed by atoms with Crippen molar-refractivity contribution in [3.63, 3.8) is 0 Å². The number of nitrogens with zero attached hydrogens (tertiary/aromatic N) is 1. The molecule has 0 aromatic heterocycles. The third kappa shape index (κ3) is 3.78. The van der Waals surface area contributed by atoms with Crippen molar-refractivity contribution in [2.75, 3.05) is 20.6 Å². The molecule has 0 spiro atoms. The van der Waals surface area contributed by atoms with Gasteiger partial charge in [0.25, 0.3) is 0 Å². The van der Waals surface area contributed by atoms with Crippen molar-refractivity contribution >= 4 is 28.8 Å². The fourth-order valence-electron chi connectivity index (χ4n) is 2.88. The van der Waals surface area contributed by atoms with Gasteiger partial charge in [-0.15, -0.1) is 12.4 Å². The highest BCUT2D eigenvalue weighted by Crippen LogP contribution is 2.36. The number of hydrogen-bond acceptors (Lipinski definition) is 2. The van der Waals surface area contributed by atoms with E-state index in [1.807, 2.05) is 25.1 Å². The first kappa shape index (κ1) is 17.5. The van der Waals surface area contributed by atoms with Crippen molar-refractivity contribution in [2.45, 2.75) is 13.8 Å². The molecule has 3 heteroatoms. The molecule has 114 valence electrons. The summed E-state index contributed by atoms with van der Waals surface area (Å²) in [5.74, 6) is 0.731. The molecule has 1 atom stereocenters. The molecule has 2 nitrogen and oxygen atoms in total. The van der Waals surface area contributed by atoms with Crippen LogP contribution in [-0.4, -0.2) is 30.6 Å². The number of phenols is 1. The van der Waals surface area contributed by atoms with E-state index in [9.17, 15) is 5.11 Å². The first-order valence-corrected chi connectivity index (χ1v) is 7.06. The lowest BCUT2D eigenvalue weighted by molar-refractivity contribution is 0.375. The summed E-state index contributed by atoms with van der Waals surface area (Å²) in [4.78, 5) is 2.18. The summed E-state index contributed by atoms with van der Waals surface area (Å²) in [6.07, 6.45) is 2.12. The molecule has 0 aliphatic rings.